The number of ether oxygens (including phenoxy) is 1. The fourth-order valence-corrected chi connectivity index (χ4v) is 5.95. The molecule has 2 aromatic carbocycles. The van der Waals surface area contributed by atoms with Crippen LogP contribution in [0.2, 0.25) is 0 Å². The van der Waals surface area contributed by atoms with Crippen LogP contribution in [0.5, 0.6) is 5.75 Å². The van der Waals surface area contributed by atoms with Crippen molar-refractivity contribution in [1.82, 2.24) is 24.1 Å². The number of methoxy groups -OCH3 is 1. The molecule has 0 aliphatic carbocycles. The third-order valence-electron chi connectivity index (χ3n) is 6.65. The van der Waals surface area contributed by atoms with Crippen molar-refractivity contribution in [2.45, 2.75) is 13.1 Å². The zero-order valence-electron chi connectivity index (χ0n) is 19.8. The smallest absolute Gasteiger partial charge is 0.352 e. The highest BCUT2D eigenvalue weighted by Gasteiger charge is 2.21. The Morgan fingerprint density at radius 1 is 1.03 bits per heavy atom. The van der Waals surface area contributed by atoms with Crippen LogP contribution >= 0.6 is 11.3 Å². The summed E-state index contributed by atoms with van der Waals surface area (Å²) < 4.78 is 22.6. The van der Waals surface area contributed by atoms with Crippen molar-refractivity contribution in [3.63, 3.8) is 0 Å². The van der Waals surface area contributed by atoms with Gasteiger partial charge >= 0.3 is 5.69 Å². The van der Waals surface area contributed by atoms with Crippen LogP contribution in [0.4, 0.5) is 10.1 Å². The van der Waals surface area contributed by atoms with Gasteiger partial charge in [-0.2, -0.15) is 9.61 Å². The number of halogens is 1. The van der Waals surface area contributed by atoms with Gasteiger partial charge < -0.3 is 9.64 Å². The molecule has 0 atom stereocenters. The summed E-state index contributed by atoms with van der Waals surface area (Å²) >= 11 is 1.62. The van der Waals surface area contributed by atoms with Crippen molar-refractivity contribution in [2.24, 2.45) is 0 Å². The molecule has 0 N–H and O–H groups in total. The van der Waals surface area contributed by atoms with Gasteiger partial charge in [0, 0.05) is 37.6 Å². The van der Waals surface area contributed by atoms with Crippen molar-refractivity contribution in [3.8, 4) is 5.75 Å². The van der Waals surface area contributed by atoms with E-state index in [2.05, 4.69) is 25.9 Å². The monoisotopic (exact) mass is 504 g/mol. The average molecular weight is 505 g/mol. The van der Waals surface area contributed by atoms with Crippen LogP contribution in [0.25, 0.3) is 15.9 Å². The molecule has 1 fully saturated rings. The Balaban J connectivity index is 1.27. The molecule has 0 radical (unpaired) electrons. The SMILES string of the molecule is COc1ccc(Cn2c(=O)n3ncnc3c3cc(CN4CCN(c5ccccc5F)CC4)sc32)cc1. The number of anilines is 1. The average Bonchev–Trinajstić information content (AvgIpc) is 3.55. The number of fused-ring (bicyclic) bond motifs is 3. The number of piperazine rings is 1. The molecule has 0 bridgehead atoms. The van der Waals surface area contributed by atoms with Gasteiger partial charge in [-0.1, -0.05) is 24.3 Å². The lowest BCUT2D eigenvalue weighted by Gasteiger charge is -2.36. The number of nitrogens with zero attached hydrogens (tertiary/aromatic N) is 6. The Hall–Kier alpha value is -3.76. The van der Waals surface area contributed by atoms with Crippen molar-refractivity contribution >= 4 is 32.9 Å². The summed E-state index contributed by atoms with van der Waals surface area (Å²) in [4.78, 5) is 24.2. The third kappa shape index (κ3) is 4.12. The van der Waals surface area contributed by atoms with E-state index < -0.39 is 0 Å². The predicted molar refractivity (Wildman–Crippen MR) is 139 cm³/mol. The Kier molecular flexibility index (Phi) is 5.90. The number of thiophene rings is 1. The number of hydrogen-bond acceptors (Lipinski definition) is 7. The quantitative estimate of drug-likeness (QED) is 0.352. The summed E-state index contributed by atoms with van der Waals surface area (Å²) in [6, 6.07) is 16.8. The fraction of sp³-hybridized carbons (Fsp3) is 0.269. The molecule has 36 heavy (non-hydrogen) atoms. The molecule has 0 unspecified atom stereocenters. The molecular weight excluding hydrogens is 479 g/mol. The normalized spacial score (nSPS) is 14.7. The first kappa shape index (κ1) is 22.7. The van der Waals surface area contributed by atoms with Gasteiger partial charge in [0.1, 0.15) is 22.7 Å². The molecule has 0 spiro atoms. The van der Waals surface area contributed by atoms with Crippen molar-refractivity contribution in [1.29, 1.82) is 0 Å². The number of rotatable bonds is 6. The van der Waals surface area contributed by atoms with E-state index in [1.54, 1.807) is 29.1 Å². The van der Waals surface area contributed by atoms with Crippen LogP contribution < -0.4 is 15.3 Å². The first-order valence-electron chi connectivity index (χ1n) is 11.8. The van der Waals surface area contributed by atoms with E-state index in [1.165, 1.54) is 16.9 Å². The van der Waals surface area contributed by atoms with Gasteiger partial charge in [-0.25, -0.2) is 14.2 Å². The Bertz CT molecular complexity index is 1580. The van der Waals surface area contributed by atoms with Gasteiger partial charge in [0.15, 0.2) is 5.65 Å². The van der Waals surface area contributed by atoms with Crippen LogP contribution in [0, 0.1) is 5.82 Å². The second kappa shape index (κ2) is 9.36. The highest BCUT2D eigenvalue weighted by Crippen LogP contribution is 2.29. The van der Waals surface area contributed by atoms with E-state index in [0.717, 1.165) is 59.1 Å². The fourth-order valence-electron chi connectivity index (χ4n) is 4.76. The highest BCUT2D eigenvalue weighted by atomic mass is 32.1. The summed E-state index contributed by atoms with van der Waals surface area (Å²) in [6.07, 6.45) is 1.42. The maximum atomic E-state index is 14.2. The summed E-state index contributed by atoms with van der Waals surface area (Å²) in [5.74, 6) is 0.596. The van der Waals surface area contributed by atoms with E-state index in [0.29, 0.717) is 17.9 Å². The van der Waals surface area contributed by atoms with Gasteiger partial charge in [0.05, 0.1) is 24.7 Å². The molecule has 1 aliphatic heterocycles. The van der Waals surface area contributed by atoms with Gasteiger partial charge in [-0.05, 0) is 35.9 Å². The lowest BCUT2D eigenvalue weighted by atomic mass is 10.2. The van der Waals surface area contributed by atoms with E-state index in [4.69, 9.17) is 4.74 Å². The minimum absolute atomic E-state index is 0.178. The molecule has 0 saturated carbocycles. The summed E-state index contributed by atoms with van der Waals surface area (Å²) in [5.41, 5.74) is 2.03. The lowest BCUT2D eigenvalue weighted by molar-refractivity contribution is 0.251. The molecule has 1 saturated heterocycles. The first-order valence-corrected chi connectivity index (χ1v) is 12.6. The third-order valence-corrected chi connectivity index (χ3v) is 7.80. The van der Waals surface area contributed by atoms with E-state index in [-0.39, 0.29) is 11.5 Å². The Labute approximate surface area is 210 Å². The molecular formula is C26H25FN6O2S. The van der Waals surface area contributed by atoms with Gasteiger partial charge in [-0.3, -0.25) is 9.47 Å². The van der Waals surface area contributed by atoms with Crippen molar-refractivity contribution in [2.75, 3.05) is 38.2 Å². The number of aromatic nitrogens is 4. The standard InChI is InChI=1S/C26H25FN6O2S/c1-35-19-8-6-18(7-9-19)15-32-25-21(24-28-17-29-33(24)26(32)34)14-20(36-25)16-30-10-12-31(13-11-30)23-5-3-2-4-22(23)27/h2-9,14,17H,10-13,15-16H2,1H3. The molecule has 5 aromatic rings. The zero-order chi connectivity index (χ0) is 24.6. The maximum Gasteiger partial charge on any atom is 0.352 e. The second-order valence-electron chi connectivity index (χ2n) is 8.86. The van der Waals surface area contributed by atoms with Gasteiger partial charge in [0.25, 0.3) is 0 Å². The second-order valence-corrected chi connectivity index (χ2v) is 9.97. The Morgan fingerprint density at radius 3 is 2.56 bits per heavy atom. The highest BCUT2D eigenvalue weighted by molar-refractivity contribution is 7.18. The molecule has 6 rings (SSSR count). The van der Waals surface area contributed by atoms with Gasteiger partial charge in [0.2, 0.25) is 0 Å². The first-order chi connectivity index (χ1) is 17.6. The van der Waals surface area contributed by atoms with Crippen LogP contribution in [-0.4, -0.2) is 57.4 Å². The Morgan fingerprint density at radius 2 is 1.81 bits per heavy atom. The number of benzene rings is 2. The molecule has 0 amide bonds. The molecule has 8 nitrogen and oxygen atoms in total. The van der Waals surface area contributed by atoms with E-state index >= 15 is 0 Å². The maximum absolute atomic E-state index is 14.2. The minimum Gasteiger partial charge on any atom is -0.497 e. The summed E-state index contributed by atoms with van der Waals surface area (Å²) in [5, 5.41) is 5.10. The van der Waals surface area contributed by atoms with Crippen molar-refractivity contribution in [3.05, 3.63) is 87.7 Å². The lowest BCUT2D eigenvalue weighted by Crippen LogP contribution is -2.46. The van der Waals surface area contributed by atoms with Crippen LogP contribution in [0.15, 0.2) is 65.7 Å². The topological polar surface area (TPSA) is 67.9 Å². The van der Waals surface area contributed by atoms with Gasteiger partial charge in [-0.15, -0.1) is 11.3 Å². The van der Waals surface area contributed by atoms with E-state index in [9.17, 15) is 9.18 Å². The van der Waals surface area contributed by atoms with Crippen LogP contribution in [0.1, 0.15) is 10.4 Å². The summed E-state index contributed by atoms with van der Waals surface area (Å²) in [7, 11) is 1.63. The zero-order valence-corrected chi connectivity index (χ0v) is 20.6. The largest absolute Gasteiger partial charge is 0.497 e. The molecule has 10 heteroatoms. The van der Waals surface area contributed by atoms with Crippen molar-refractivity contribution < 1.29 is 9.13 Å². The van der Waals surface area contributed by atoms with E-state index in [1.807, 2.05) is 36.4 Å². The predicted octanol–water partition coefficient (Wildman–Crippen LogP) is 3.62. The molecule has 1 aliphatic rings. The minimum atomic E-state index is -0.210. The number of hydrogen-bond donors (Lipinski definition) is 0. The van der Waals surface area contributed by atoms with Crippen LogP contribution in [-0.2, 0) is 13.1 Å². The molecule has 184 valence electrons. The molecule has 3 aromatic heterocycles. The van der Waals surface area contributed by atoms with Crippen LogP contribution in [0.3, 0.4) is 0 Å². The summed E-state index contributed by atoms with van der Waals surface area (Å²) in [6.45, 7) is 4.39. The number of para-hydroxylation sites is 1. The molecule has 4 heterocycles.